The van der Waals surface area contributed by atoms with E-state index in [9.17, 15) is 4.48 Å². The molecule has 0 bridgehead atoms. The lowest BCUT2D eigenvalue weighted by Gasteiger charge is -2.11. The number of nitrogens with zero attached hydrogens (tertiary/aromatic N) is 1. The molecule has 0 fully saturated rings. The largest absolute Gasteiger partial charge is 0.146 e. The van der Waals surface area contributed by atoms with Gasteiger partial charge in [-0.15, -0.1) is 9.60 Å². The van der Waals surface area contributed by atoms with Gasteiger partial charge in [0.15, 0.2) is 0 Å². The number of halogens is 1. The highest BCUT2D eigenvalue weighted by Gasteiger charge is 2.02. The first-order chi connectivity index (χ1) is 4.16. The highest BCUT2D eigenvalue weighted by molar-refractivity contribution is 4.47. The Morgan fingerprint density at radius 2 is 2.00 bits per heavy atom. The standard InChI is InChI=1S/C7H16FN/c1-4-5-9(8)6-7(2)3/h7H,4-6H2,1-3H3. The van der Waals surface area contributed by atoms with Crippen molar-refractivity contribution in [2.24, 2.45) is 5.92 Å². The van der Waals surface area contributed by atoms with Crippen LogP contribution in [0.15, 0.2) is 0 Å². The smallest absolute Gasteiger partial charge is 0.0313 e. The van der Waals surface area contributed by atoms with E-state index in [0.29, 0.717) is 19.0 Å². The van der Waals surface area contributed by atoms with Crippen LogP contribution in [0.2, 0.25) is 0 Å². The fraction of sp³-hybridized carbons (Fsp3) is 1.00. The van der Waals surface area contributed by atoms with Crippen LogP contribution in [0, 0.1) is 5.92 Å². The van der Waals surface area contributed by atoms with Crippen molar-refractivity contribution in [1.29, 1.82) is 0 Å². The molecule has 0 N–H and O–H groups in total. The summed E-state index contributed by atoms with van der Waals surface area (Å²) in [4.78, 5) is 0. The molecular weight excluding hydrogens is 117 g/mol. The second-order valence-electron chi connectivity index (χ2n) is 2.76. The van der Waals surface area contributed by atoms with Gasteiger partial charge in [0, 0.05) is 13.1 Å². The van der Waals surface area contributed by atoms with Crippen LogP contribution in [0.4, 0.5) is 4.48 Å². The van der Waals surface area contributed by atoms with Crippen LogP contribution in [0.3, 0.4) is 0 Å². The third-order valence-electron chi connectivity index (χ3n) is 1.03. The fourth-order valence-electron chi connectivity index (χ4n) is 0.730. The van der Waals surface area contributed by atoms with Crippen LogP contribution in [-0.4, -0.2) is 18.2 Å². The van der Waals surface area contributed by atoms with E-state index in [4.69, 9.17) is 0 Å². The van der Waals surface area contributed by atoms with E-state index in [1.165, 1.54) is 0 Å². The average molecular weight is 133 g/mol. The van der Waals surface area contributed by atoms with Gasteiger partial charge >= 0.3 is 0 Å². The summed E-state index contributed by atoms with van der Waals surface area (Å²) in [6, 6.07) is 0. The van der Waals surface area contributed by atoms with E-state index in [2.05, 4.69) is 0 Å². The molecule has 0 aliphatic heterocycles. The minimum absolute atomic E-state index is 0.432. The summed E-state index contributed by atoms with van der Waals surface area (Å²) < 4.78 is 12.5. The maximum atomic E-state index is 12.5. The lowest BCUT2D eigenvalue weighted by atomic mass is 10.2. The van der Waals surface area contributed by atoms with Crippen molar-refractivity contribution < 1.29 is 4.48 Å². The van der Waals surface area contributed by atoms with Gasteiger partial charge in [0.05, 0.1) is 0 Å². The van der Waals surface area contributed by atoms with E-state index >= 15 is 0 Å². The van der Waals surface area contributed by atoms with Gasteiger partial charge in [0.1, 0.15) is 0 Å². The molecule has 0 aromatic heterocycles. The van der Waals surface area contributed by atoms with Gasteiger partial charge in [-0.05, 0) is 12.3 Å². The van der Waals surface area contributed by atoms with Crippen molar-refractivity contribution in [1.82, 2.24) is 5.12 Å². The maximum Gasteiger partial charge on any atom is 0.0313 e. The Kier molecular flexibility index (Phi) is 4.68. The minimum atomic E-state index is 0.432. The first kappa shape index (κ1) is 8.89. The van der Waals surface area contributed by atoms with E-state index < -0.39 is 0 Å². The molecule has 1 nitrogen and oxygen atoms in total. The van der Waals surface area contributed by atoms with Gasteiger partial charge in [0.25, 0.3) is 0 Å². The molecule has 0 aromatic carbocycles. The second-order valence-corrected chi connectivity index (χ2v) is 2.76. The van der Waals surface area contributed by atoms with Gasteiger partial charge in [-0.2, -0.15) is 0 Å². The van der Waals surface area contributed by atoms with E-state index in [1.54, 1.807) is 0 Å². The monoisotopic (exact) mass is 133 g/mol. The zero-order valence-electron chi connectivity index (χ0n) is 6.52. The second kappa shape index (κ2) is 4.74. The minimum Gasteiger partial charge on any atom is -0.146 e. The van der Waals surface area contributed by atoms with Gasteiger partial charge in [-0.25, -0.2) is 0 Å². The van der Waals surface area contributed by atoms with Gasteiger partial charge in [0.2, 0.25) is 0 Å². The van der Waals surface area contributed by atoms with Crippen molar-refractivity contribution in [2.75, 3.05) is 13.1 Å². The summed E-state index contributed by atoms with van der Waals surface area (Å²) in [5.74, 6) is 0.432. The number of hydrogen-bond acceptors (Lipinski definition) is 1. The summed E-state index contributed by atoms with van der Waals surface area (Å²) in [5, 5.41) is 0.880. The first-order valence-electron chi connectivity index (χ1n) is 3.57. The van der Waals surface area contributed by atoms with E-state index in [0.717, 1.165) is 11.5 Å². The Morgan fingerprint density at radius 3 is 2.33 bits per heavy atom. The third-order valence-corrected chi connectivity index (χ3v) is 1.03. The van der Waals surface area contributed by atoms with Gasteiger partial charge in [-0.3, -0.25) is 0 Å². The molecule has 0 saturated heterocycles. The summed E-state index contributed by atoms with van der Waals surface area (Å²) in [6.07, 6.45) is 0.892. The Hall–Kier alpha value is -0.110. The molecule has 56 valence electrons. The third kappa shape index (κ3) is 5.77. The topological polar surface area (TPSA) is 3.24 Å². The van der Waals surface area contributed by atoms with Crippen molar-refractivity contribution in [3.05, 3.63) is 0 Å². The molecule has 0 aliphatic carbocycles. The molecule has 0 aliphatic rings. The molecule has 2 heteroatoms. The summed E-state index contributed by atoms with van der Waals surface area (Å²) in [7, 11) is 0. The normalized spacial score (nSPS) is 11.3. The Labute approximate surface area is 56.8 Å². The van der Waals surface area contributed by atoms with Crippen LogP contribution >= 0.6 is 0 Å². The zero-order valence-corrected chi connectivity index (χ0v) is 6.52. The number of rotatable bonds is 4. The zero-order chi connectivity index (χ0) is 7.28. The number of hydrogen-bond donors (Lipinski definition) is 0. The lowest BCUT2D eigenvalue weighted by Crippen LogP contribution is -2.19. The highest BCUT2D eigenvalue weighted by atomic mass is 19.2. The van der Waals surface area contributed by atoms with Crippen molar-refractivity contribution in [2.45, 2.75) is 27.2 Å². The molecule has 0 saturated carbocycles. The SMILES string of the molecule is CCCN(F)CC(C)C. The van der Waals surface area contributed by atoms with Crippen molar-refractivity contribution in [3.63, 3.8) is 0 Å². The van der Waals surface area contributed by atoms with Crippen molar-refractivity contribution in [3.8, 4) is 0 Å². The molecule has 0 unspecified atom stereocenters. The summed E-state index contributed by atoms with van der Waals surface area (Å²) in [5.41, 5.74) is 0. The van der Waals surface area contributed by atoms with Crippen LogP contribution < -0.4 is 0 Å². The average Bonchev–Trinajstić information content (AvgIpc) is 1.63. The van der Waals surface area contributed by atoms with Gasteiger partial charge in [-0.1, -0.05) is 20.8 Å². The molecule has 0 amide bonds. The van der Waals surface area contributed by atoms with Gasteiger partial charge < -0.3 is 0 Å². The van der Waals surface area contributed by atoms with E-state index in [1.807, 2.05) is 20.8 Å². The predicted molar refractivity (Wildman–Crippen MR) is 37.8 cm³/mol. The van der Waals surface area contributed by atoms with E-state index in [-0.39, 0.29) is 0 Å². The molecule has 0 heterocycles. The molecule has 0 spiro atoms. The predicted octanol–water partition coefficient (Wildman–Crippen LogP) is 2.24. The Bertz CT molecular complexity index is 63.9. The van der Waals surface area contributed by atoms with Crippen molar-refractivity contribution >= 4 is 0 Å². The highest BCUT2D eigenvalue weighted by Crippen LogP contribution is 1.98. The maximum absolute atomic E-state index is 12.5. The molecule has 0 atom stereocenters. The molecular formula is C7H16FN. The lowest BCUT2D eigenvalue weighted by molar-refractivity contribution is 0.0136. The van der Waals surface area contributed by atoms with Crippen LogP contribution in [0.25, 0.3) is 0 Å². The van der Waals surface area contributed by atoms with Crippen LogP contribution in [0.5, 0.6) is 0 Å². The Balaban J connectivity index is 3.15. The molecule has 0 aromatic rings. The quantitative estimate of drug-likeness (QED) is 0.531. The van der Waals surface area contributed by atoms with Crippen LogP contribution in [0.1, 0.15) is 27.2 Å². The molecule has 9 heavy (non-hydrogen) atoms. The Morgan fingerprint density at radius 1 is 1.44 bits per heavy atom. The first-order valence-corrected chi connectivity index (χ1v) is 3.57. The van der Waals surface area contributed by atoms with Crippen LogP contribution in [-0.2, 0) is 0 Å². The summed E-state index contributed by atoms with van der Waals surface area (Å²) in [6.45, 7) is 7.14. The molecule has 0 radical (unpaired) electrons. The fourth-order valence-corrected chi connectivity index (χ4v) is 0.730. The molecule has 0 rings (SSSR count). The summed E-state index contributed by atoms with van der Waals surface area (Å²) >= 11 is 0.